The molecule has 98 valence electrons. The van der Waals surface area contributed by atoms with Crippen LogP contribution in [0.2, 0.25) is 5.02 Å². The van der Waals surface area contributed by atoms with Gasteiger partial charge in [0.05, 0.1) is 12.1 Å². The average molecular weight is 268 g/mol. The van der Waals surface area contributed by atoms with Gasteiger partial charge in [0.2, 0.25) is 0 Å². The molecule has 0 spiro atoms. The summed E-state index contributed by atoms with van der Waals surface area (Å²) in [7, 11) is 0. The zero-order chi connectivity index (χ0) is 13.1. The number of rotatable bonds is 2. The van der Waals surface area contributed by atoms with Gasteiger partial charge in [-0.1, -0.05) is 11.6 Å². The van der Waals surface area contributed by atoms with Crippen molar-refractivity contribution in [2.75, 3.05) is 6.54 Å². The van der Waals surface area contributed by atoms with Crippen molar-refractivity contribution >= 4 is 17.5 Å². The summed E-state index contributed by atoms with van der Waals surface area (Å²) in [5.41, 5.74) is 0.631. The first-order valence-corrected chi connectivity index (χ1v) is 6.72. The standard InChI is InChI=1S/C14H18ClNO2/c1-10(17)13-4-2-3-9-16(13)14(18)11-5-7-12(15)8-6-11/h5-8,10,13,17H,2-4,9H2,1H3. The molecule has 1 aromatic rings. The molecular weight excluding hydrogens is 250 g/mol. The molecule has 0 aliphatic carbocycles. The molecule has 4 heteroatoms. The minimum absolute atomic E-state index is 0.0164. The van der Waals surface area contributed by atoms with Crippen molar-refractivity contribution in [3.63, 3.8) is 0 Å². The minimum atomic E-state index is -0.485. The van der Waals surface area contributed by atoms with Gasteiger partial charge in [0.15, 0.2) is 0 Å². The molecule has 0 saturated carbocycles. The Hall–Kier alpha value is -1.06. The number of hydrogen-bond acceptors (Lipinski definition) is 2. The summed E-state index contributed by atoms with van der Waals surface area (Å²) in [6.07, 6.45) is 2.46. The van der Waals surface area contributed by atoms with E-state index in [1.165, 1.54) is 0 Å². The Morgan fingerprint density at radius 1 is 1.39 bits per heavy atom. The van der Waals surface area contributed by atoms with E-state index in [1.807, 2.05) is 0 Å². The van der Waals surface area contributed by atoms with Gasteiger partial charge in [0, 0.05) is 17.1 Å². The molecule has 18 heavy (non-hydrogen) atoms. The van der Waals surface area contributed by atoms with Crippen molar-refractivity contribution in [3.05, 3.63) is 34.9 Å². The number of carbonyl (C=O) groups excluding carboxylic acids is 1. The Morgan fingerprint density at radius 2 is 2.06 bits per heavy atom. The lowest BCUT2D eigenvalue weighted by atomic mass is 9.97. The largest absolute Gasteiger partial charge is 0.391 e. The van der Waals surface area contributed by atoms with Gasteiger partial charge >= 0.3 is 0 Å². The van der Waals surface area contributed by atoms with Crippen molar-refractivity contribution in [2.45, 2.75) is 38.3 Å². The molecule has 0 radical (unpaired) electrons. The van der Waals surface area contributed by atoms with E-state index in [1.54, 1.807) is 36.1 Å². The predicted molar refractivity (Wildman–Crippen MR) is 71.8 cm³/mol. The first-order chi connectivity index (χ1) is 8.59. The molecule has 1 fully saturated rings. The number of benzene rings is 1. The summed E-state index contributed by atoms with van der Waals surface area (Å²) >= 11 is 5.82. The van der Waals surface area contributed by atoms with Gasteiger partial charge < -0.3 is 10.0 Å². The maximum atomic E-state index is 12.4. The lowest BCUT2D eigenvalue weighted by Crippen LogP contribution is -2.48. The zero-order valence-electron chi connectivity index (χ0n) is 10.5. The number of aliphatic hydroxyl groups excluding tert-OH is 1. The van der Waals surface area contributed by atoms with Crippen LogP contribution in [-0.4, -0.2) is 34.6 Å². The van der Waals surface area contributed by atoms with Crippen molar-refractivity contribution in [1.29, 1.82) is 0 Å². The van der Waals surface area contributed by atoms with E-state index in [9.17, 15) is 9.90 Å². The van der Waals surface area contributed by atoms with Crippen LogP contribution in [0.15, 0.2) is 24.3 Å². The van der Waals surface area contributed by atoms with Gasteiger partial charge in [0.25, 0.3) is 5.91 Å². The highest BCUT2D eigenvalue weighted by Gasteiger charge is 2.30. The number of halogens is 1. The van der Waals surface area contributed by atoms with Crippen LogP contribution in [0.3, 0.4) is 0 Å². The molecule has 0 bridgehead atoms. The molecule has 2 rings (SSSR count). The molecule has 2 atom stereocenters. The summed E-state index contributed by atoms with van der Waals surface area (Å²) in [4.78, 5) is 14.2. The highest BCUT2D eigenvalue weighted by atomic mass is 35.5. The number of aliphatic hydroxyl groups is 1. The number of carbonyl (C=O) groups is 1. The maximum Gasteiger partial charge on any atom is 0.254 e. The van der Waals surface area contributed by atoms with E-state index in [4.69, 9.17) is 11.6 Å². The third-order valence-corrected chi connectivity index (χ3v) is 3.71. The number of amides is 1. The molecule has 1 aliphatic rings. The Labute approximate surface area is 112 Å². The van der Waals surface area contributed by atoms with E-state index in [2.05, 4.69) is 0 Å². The quantitative estimate of drug-likeness (QED) is 0.895. The normalized spacial score (nSPS) is 21.7. The minimum Gasteiger partial charge on any atom is -0.391 e. The SMILES string of the molecule is CC(O)C1CCCCN1C(=O)c1ccc(Cl)cc1. The van der Waals surface area contributed by atoms with Gasteiger partial charge in [-0.15, -0.1) is 0 Å². The maximum absolute atomic E-state index is 12.4. The van der Waals surface area contributed by atoms with E-state index in [0.29, 0.717) is 10.6 Å². The smallest absolute Gasteiger partial charge is 0.254 e. The fraction of sp³-hybridized carbons (Fsp3) is 0.500. The van der Waals surface area contributed by atoms with Crippen LogP contribution < -0.4 is 0 Å². The first-order valence-electron chi connectivity index (χ1n) is 6.34. The average Bonchev–Trinajstić information content (AvgIpc) is 2.39. The Bertz CT molecular complexity index is 416. The Balaban J connectivity index is 2.18. The molecule has 2 unspecified atom stereocenters. The molecule has 1 aromatic carbocycles. The van der Waals surface area contributed by atoms with Crippen molar-refractivity contribution in [3.8, 4) is 0 Å². The fourth-order valence-electron chi connectivity index (χ4n) is 2.47. The lowest BCUT2D eigenvalue weighted by molar-refractivity contribution is 0.0281. The fourth-order valence-corrected chi connectivity index (χ4v) is 2.60. The molecule has 0 aromatic heterocycles. The van der Waals surface area contributed by atoms with Crippen LogP contribution in [0.25, 0.3) is 0 Å². The zero-order valence-corrected chi connectivity index (χ0v) is 11.2. The number of piperidine rings is 1. The van der Waals surface area contributed by atoms with Crippen LogP contribution >= 0.6 is 11.6 Å². The monoisotopic (exact) mass is 267 g/mol. The molecule has 1 saturated heterocycles. The Morgan fingerprint density at radius 3 is 2.67 bits per heavy atom. The summed E-state index contributed by atoms with van der Waals surface area (Å²) in [5, 5.41) is 10.4. The van der Waals surface area contributed by atoms with E-state index in [0.717, 1.165) is 25.8 Å². The summed E-state index contributed by atoms with van der Waals surface area (Å²) < 4.78 is 0. The summed E-state index contributed by atoms with van der Waals surface area (Å²) in [6, 6.07) is 6.84. The lowest BCUT2D eigenvalue weighted by Gasteiger charge is -2.37. The molecule has 1 N–H and O–H groups in total. The van der Waals surface area contributed by atoms with Gasteiger partial charge in [-0.25, -0.2) is 0 Å². The molecule has 1 aliphatic heterocycles. The molecule has 3 nitrogen and oxygen atoms in total. The van der Waals surface area contributed by atoms with Crippen molar-refractivity contribution < 1.29 is 9.90 Å². The van der Waals surface area contributed by atoms with Crippen LogP contribution in [0.5, 0.6) is 0 Å². The van der Waals surface area contributed by atoms with Crippen LogP contribution in [0.4, 0.5) is 0 Å². The second kappa shape index (κ2) is 5.72. The number of likely N-dealkylation sites (tertiary alicyclic amines) is 1. The van der Waals surface area contributed by atoms with Crippen molar-refractivity contribution in [1.82, 2.24) is 4.90 Å². The van der Waals surface area contributed by atoms with E-state index in [-0.39, 0.29) is 11.9 Å². The Kier molecular flexibility index (Phi) is 4.25. The highest BCUT2D eigenvalue weighted by Crippen LogP contribution is 2.22. The summed E-state index contributed by atoms with van der Waals surface area (Å²) in [6.45, 7) is 2.47. The highest BCUT2D eigenvalue weighted by molar-refractivity contribution is 6.30. The molecule has 1 heterocycles. The number of nitrogens with zero attached hydrogens (tertiary/aromatic N) is 1. The predicted octanol–water partition coefficient (Wildman–Crippen LogP) is 2.72. The first kappa shape index (κ1) is 13.4. The van der Waals surface area contributed by atoms with Crippen LogP contribution in [-0.2, 0) is 0 Å². The van der Waals surface area contributed by atoms with Crippen molar-refractivity contribution in [2.24, 2.45) is 0 Å². The summed E-state index contributed by atoms with van der Waals surface area (Å²) in [5.74, 6) is -0.0164. The third kappa shape index (κ3) is 2.85. The van der Waals surface area contributed by atoms with Gasteiger partial charge in [-0.2, -0.15) is 0 Å². The van der Waals surface area contributed by atoms with E-state index >= 15 is 0 Å². The van der Waals surface area contributed by atoms with Crippen LogP contribution in [0, 0.1) is 0 Å². The van der Waals surface area contributed by atoms with Gasteiger partial charge in [0.1, 0.15) is 0 Å². The topological polar surface area (TPSA) is 40.5 Å². The van der Waals surface area contributed by atoms with Gasteiger partial charge in [-0.05, 0) is 50.5 Å². The second-order valence-electron chi connectivity index (χ2n) is 4.81. The molecule has 1 amide bonds. The second-order valence-corrected chi connectivity index (χ2v) is 5.25. The molecular formula is C14H18ClNO2. The van der Waals surface area contributed by atoms with E-state index < -0.39 is 6.10 Å². The van der Waals surface area contributed by atoms with Crippen LogP contribution in [0.1, 0.15) is 36.5 Å². The van der Waals surface area contributed by atoms with Gasteiger partial charge in [-0.3, -0.25) is 4.79 Å². The number of hydrogen-bond donors (Lipinski definition) is 1. The third-order valence-electron chi connectivity index (χ3n) is 3.46.